The van der Waals surface area contributed by atoms with Crippen LogP contribution in [0.15, 0.2) is 64.9 Å². The molecular weight excluding hydrogens is 523 g/mol. The normalized spacial score (nSPS) is 17.8. The maximum Gasteiger partial charge on any atom is 0.243 e. The Morgan fingerprint density at radius 2 is 1.89 bits per heavy atom. The van der Waals surface area contributed by atoms with Crippen molar-refractivity contribution in [2.24, 2.45) is 5.92 Å². The molecule has 1 saturated carbocycles. The summed E-state index contributed by atoms with van der Waals surface area (Å²) in [4.78, 5) is 16.6. The molecule has 1 atom stereocenters. The summed E-state index contributed by atoms with van der Waals surface area (Å²) in [5.74, 6) is -0.397. The van der Waals surface area contributed by atoms with Crippen LogP contribution in [-0.4, -0.2) is 49.8 Å². The lowest BCUT2D eigenvalue weighted by atomic mass is 10.0. The highest BCUT2D eigenvalue weighted by Gasteiger charge is 2.37. The fourth-order valence-electron chi connectivity index (χ4n) is 4.44. The Bertz CT molecular complexity index is 1340. The molecule has 3 aromatic rings. The van der Waals surface area contributed by atoms with Crippen LogP contribution in [0.25, 0.3) is 0 Å². The van der Waals surface area contributed by atoms with Gasteiger partial charge in [0.15, 0.2) is 11.6 Å². The maximum absolute atomic E-state index is 14.2. The van der Waals surface area contributed by atoms with Crippen molar-refractivity contribution < 1.29 is 22.3 Å². The summed E-state index contributed by atoms with van der Waals surface area (Å²) in [7, 11) is -3.89. The highest BCUT2D eigenvalue weighted by Crippen LogP contribution is 2.35. The molecule has 2 aromatic carbocycles. The second-order valence-corrected chi connectivity index (χ2v) is 12.5. The fourth-order valence-corrected chi connectivity index (χ4v) is 6.96. The Hall–Kier alpha value is -2.46. The van der Waals surface area contributed by atoms with Crippen molar-refractivity contribution in [3.8, 4) is 5.75 Å². The molecule has 2 heterocycles. The minimum absolute atomic E-state index is 0.0724. The molecule has 1 unspecified atom stereocenters. The number of sulfonamides is 1. The van der Waals surface area contributed by atoms with Crippen LogP contribution >= 0.6 is 22.9 Å². The lowest BCUT2D eigenvalue weighted by Gasteiger charge is -2.37. The summed E-state index contributed by atoms with van der Waals surface area (Å²) in [5.41, 5.74) is 0.963. The van der Waals surface area contributed by atoms with E-state index in [1.54, 1.807) is 34.4 Å². The van der Waals surface area contributed by atoms with Gasteiger partial charge in [-0.25, -0.2) is 12.8 Å². The van der Waals surface area contributed by atoms with Crippen LogP contribution in [-0.2, 0) is 21.2 Å². The molecule has 1 aromatic heterocycles. The molecule has 0 saturated heterocycles. The third-order valence-electron chi connectivity index (χ3n) is 6.57. The number of fused-ring (bicyclic) bond motifs is 1. The summed E-state index contributed by atoms with van der Waals surface area (Å²) in [6.45, 7) is 0.542. The van der Waals surface area contributed by atoms with Gasteiger partial charge in [-0.3, -0.25) is 4.79 Å². The van der Waals surface area contributed by atoms with E-state index in [-0.39, 0.29) is 35.6 Å². The Kier molecular flexibility index (Phi) is 7.35. The lowest BCUT2D eigenvalue weighted by Crippen LogP contribution is -2.48. The Morgan fingerprint density at radius 1 is 1.14 bits per heavy atom. The van der Waals surface area contributed by atoms with E-state index in [0.717, 1.165) is 23.3 Å². The number of para-hydroxylation sites is 1. The molecule has 5 rings (SSSR count). The minimum Gasteiger partial charge on any atom is -0.488 e. The summed E-state index contributed by atoms with van der Waals surface area (Å²) in [5, 5.41) is 2.41. The highest BCUT2D eigenvalue weighted by atomic mass is 35.5. The van der Waals surface area contributed by atoms with Crippen molar-refractivity contribution in [3.05, 3.63) is 81.3 Å². The number of benzene rings is 2. The zero-order chi connectivity index (χ0) is 25.3. The van der Waals surface area contributed by atoms with E-state index < -0.39 is 21.9 Å². The van der Waals surface area contributed by atoms with Gasteiger partial charge < -0.3 is 9.64 Å². The van der Waals surface area contributed by atoms with Crippen LogP contribution in [0.2, 0.25) is 5.02 Å². The molecule has 36 heavy (non-hydrogen) atoms. The zero-order valence-electron chi connectivity index (χ0n) is 19.5. The minimum atomic E-state index is -3.89. The third-order valence-corrected chi connectivity index (χ3v) is 9.64. The standard InChI is InChI=1S/C26H26ClFN2O4S2/c27-19-7-9-20(10-8-19)36(32,33)29(15-18-5-6-18)16-26(31)30-13-11-25-21(12-14-35-25)23(30)17-34-24-4-2-1-3-22(24)28/h1-4,7-10,12,14,18,23H,5-6,11,13,15-17H2. The van der Waals surface area contributed by atoms with Gasteiger partial charge in [0.25, 0.3) is 0 Å². The van der Waals surface area contributed by atoms with Gasteiger partial charge in [-0.15, -0.1) is 11.3 Å². The van der Waals surface area contributed by atoms with Gasteiger partial charge in [-0.05, 0) is 78.6 Å². The van der Waals surface area contributed by atoms with Crippen molar-refractivity contribution in [3.63, 3.8) is 0 Å². The van der Waals surface area contributed by atoms with Crippen molar-refractivity contribution in [2.75, 3.05) is 26.2 Å². The summed E-state index contributed by atoms with van der Waals surface area (Å²) >= 11 is 7.57. The lowest BCUT2D eigenvalue weighted by molar-refractivity contribution is -0.135. The first-order chi connectivity index (χ1) is 17.3. The molecule has 10 heteroatoms. The molecule has 6 nitrogen and oxygen atoms in total. The molecule has 1 amide bonds. The van der Waals surface area contributed by atoms with Gasteiger partial charge in [0.05, 0.1) is 17.5 Å². The van der Waals surface area contributed by atoms with Crippen molar-refractivity contribution in [2.45, 2.75) is 30.2 Å². The van der Waals surface area contributed by atoms with E-state index in [1.807, 2.05) is 11.4 Å². The number of hydrogen-bond acceptors (Lipinski definition) is 5. The van der Waals surface area contributed by atoms with Crippen LogP contribution in [0.4, 0.5) is 4.39 Å². The van der Waals surface area contributed by atoms with Crippen molar-refractivity contribution in [1.82, 2.24) is 9.21 Å². The van der Waals surface area contributed by atoms with Gasteiger partial charge in [0.1, 0.15) is 6.61 Å². The molecule has 1 aliphatic heterocycles. The van der Waals surface area contributed by atoms with Crippen molar-refractivity contribution >= 4 is 38.9 Å². The molecule has 1 fully saturated rings. The Balaban J connectivity index is 1.38. The average molecular weight is 549 g/mol. The number of thiophene rings is 1. The zero-order valence-corrected chi connectivity index (χ0v) is 21.9. The van der Waals surface area contributed by atoms with E-state index in [1.165, 1.54) is 34.6 Å². The SMILES string of the molecule is O=C(CN(CC1CC1)S(=O)(=O)c1ccc(Cl)cc1)N1CCc2sccc2C1COc1ccccc1F. The number of rotatable bonds is 9. The average Bonchev–Trinajstić information content (AvgIpc) is 3.55. The van der Waals surface area contributed by atoms with Crippen molar-refractivity contribution in [1.29, 1.82) is 0 Å². The van der Waals surface area contributed by atoms with Crippen LogP contribution in [0, 0.1) is 11.7 Å². The number of halogens is 2. The van der Waals surface area contributed by atoms with Crippen LogP contribution in [0.5, 0.6) is 5.75 Å². The molecule has 0 bridgehead atoms. The third kappa shape index (κ3) is 5.44. The monoisotopic (exact) mass is 548 g/mol. The molecule has 0 spiro atoms. The van der Waals surface area contributed by atoms with Gasteiger partial charge in [0.2, 0.25) is 15.9 Å². The molecule has 190 valence electrons. The predicted octanol–water partition coefficient (Wildman–Crippen LogP) is 5.15. The largest absolute Gasteiger partial charge is 0.488 e. The topological polar surface area (TPSA) is 66.9 Å². The van der Waals surface area contributed by atoms with Crippen LogP contribution < -0.4 is 4.74 Å². The maximum atomic E-state index is 14.2. The number of ether oxygens (including phenoxy) is 1. The smallest absolute Gasteiger partial charge is 0.243 e. The Morgan fingerprint density at radius 3 is 2.61 bits per heavy atom. The van der Waals surface area contributed by atoms with Crippen LogP contribution in [0.3, 0.4) is 0 Å². The van der Waals surface area contributed by atoms with Gasteiger partial charge >= 0.3 is 0 Å². The second kappa shape index (κ2) is 10.5. The molecule has 0 N–H and O–H groups in total. The molecule has 0 radical (unpaired) electrons. The van der Waals surface area contributed by atoms with Gasteiger partial charge in [0, 0.05) is 23.0 Å². The van der Waals surface area contributed by atoms with E-state index in [4.69, 9.17) is 16.3 Å². The summed E-state index contributed by atoms with van der Waals surface area (Å²) in [6.07, 6.45) is 2.57. The molecular formula is C26H26ClFN2O4S2. The van der Waals surface area contributed by atoms with E-state index >= 15 is 0 Å². The van der Waals surface area contributed by atoms with Gasteiger partial charge in [-0.2, -0.15) is 4.31 Å². The molecule has 2 aliphatic rings. The summed E-state index contributed by atoms with van der Waals surface area (Å²) < 4.78 is 48.2. The number of hydrogen-bond donors (Lipinski definition) is 0. The highest BCUT2D eigenvalue weighted by molar-refractivity contribution is 7.89. The van der Waals surface area contributed by atoms with Crippen LogP contribution in [0.1, 0.15) is 29.3 Å². The summed E-state index contributed by atoms with van der Waals surface area (Å²) in [6, 6.07) is 13.7. The second-order valence-electron chi connectivity index (χ2n) is 9.09. The quantitative estimate of drug-likeness (QED) is 0.371. The number of nitrogens with zero attached hydrogens (tertiary/aromatic N) is 2. The van der Waals surface area contributed by atoms with Gasteiger partial charge in [-0.1, -0.05) is 23.7 Å². The fraction of sp³-hybridized carbons (Fsp3) is 0.346. The predicted molar refractivity (Wildman–Crippen MR) is 137 cm³/mol. The number of amides is 1. The van der Waals surface area contributed by atoms with E-state index in [2.05, 4.69) is 0 Å². The molecule has 1 aliphatic carbocycles. The number of carbonyl (C=O) groups excluding carboxylic acids is 1. The first-order valence-electron chi connectivity index (χ1n) is 11.8. The number of carbonyl (C=O) groups is 1. The van der Waals surface area contributed by atoms with E-state index in [0.29, 0.717) is 24.5 Å². The van der Waals surface area contributed by atoms with E-state index in [9.17, 15) is 17.6 Å². The first kappa shape index (κ1) is 25.2. The Labute approximate surface area is 219 Å². The first-order valence-corrected chi connectivity index (χ1v) is 14.5.